The molecule has 1 fully saturated rings. The number of rotatable bonds is 5. The Hall–Kier alpha value is -1.69. The van der Waals surface area contributed by atoms with E-state index in [2.05, 4.69) is 0 Å². The van der Waals surface area contributed by atoms with Gasteiger partial charge in [0.05, 0.1) is 22.3 Å². The van der Waals surface area contributed by atoms with Crippen molar-refractivity contribution in [2.24, 2.45) is 5.73 Å². The molecule has 0 radical (unpaired) electrons. The number of sulfone groups is 1. The fourth-order valence-corrected chi connectivity index (χ4v) is 5.62. The van der Waals surface area contributed by atoms with Crippen LogP contribution in [0.25, 0.3) is 0 Å². The van der Waals surface area contributed by atoms with Gasteiger partial charge in [0.25, 0.3) is 0 Å². The standard InChI is InChI=1S/C18H21NO3S/c1-13-8-10-15(11-9-13)23(20,21)17-16(18(17,19)12-22-2)14-6-4-3-5-7-14/h3-11,16-17H,12,19H2,1-2H3/t16-,17+,18-/m1/s1. The Kier molecular flexibility index (Phi) is 4.04. The van der Waals surface area contributed by atoms with Crippen molar-refractivity contribution >= 4 is 9.84 Å². The first-order chi connectivity index (χ1) is 10.9. The quantitative estimate of drug-likeness (QED) is 0.912. The van der Waals surface area contributed by atoms with E-state index in [0.29, 0.717) is 4.90 Å². The fourth-order valence-electron chi connectivity index (χ4n) is 3.33. The monoisotopic (exact) mass is 331 g/mol. The summed E-state index contributed by atoms with van der Waals surface area (Å²) in [6.45, 7) is 2.14. The zero-order valence-corrected chi connectivity index (χ0v) is 14.1. The molecule has 0 saturated heterocycles. The summed E-state index contributed by atoms with van der Waals surface area (Å²) in [6.07, 6.45) is 0. The lowest BCUT2D eigenvalue weighted by molar-refractivity contribution is 0.171. The first-order valence-electron chi connectivity index (χ1n) is 7.54. The molecular weight excluding hydrogens is 310 g/mol. The molecule has 2 aromatic carbocycles. The summed E-state index contributed by atoms with van der Waals surface area (Å²) in [4.78, 5) is 0.317. The number of methoxy groups -OCH3 is 1. The predicted molar refractivity (Wildman–Crippen MR) is 90.1 cm³/mol. The normalized spacial score (nSPS) is 26.9. The average Bonchev–Trinajstić information content (AvgIpc) is 3.15. The van der Waals surface area contributed by atoms with E-state index in [1.165, 1.54) is 0 Å². The number of ether oxygens (including phenoxy) is 1. The van der Waals surface area contributed by atoms with Crippen LogP contribution >= 0.6 is 0 Å². The van der Waals surface area contributed by atoms with Gasteiger partial charge in [-0.3, -0.25) is 0 Å². The molecule has 0 bridgehead atoms. The molecule has 2 N–H and O–H groups in total. The molecule has 2 aromatic rings. The van der Waals surface area contributed by atoms with E-state index < -0.39 is 20.6 Å². The molecule has 3 rings (SSSR count). The lowest BCUT2D eigenvalue weighted by atomic mass is 10.1. The van der Waals surface area contributed by atoms with Crippen molar-refractivity contribution in [3.8, 4) is 0 Å². The highest BCUT2D eigenvalue weighted by molar-refractivity contribution is 7.92. The highest BCUT2D eigenvalue weighted by Crippen LogP contribution is 2.55. The second-order valence-electron chi connectivity index (χ2n) is 6.21. The average molecular weight is 331 g/mol. The molecule has 23 heavy (non-hydrogen) atoms. The highest BCUT2D eigenvalue weighted by atomic mass is 32.2. The number of benzene rings is 2. The molecule has 1 aliphatic carbocycles. The Balaban J connectivity index is 2.01. The number of nitrogens with two attached hydrogens (primary N) is 1. The minimum Gasteiger partial charge on any atom is -0.383 e. The first-order valence-corrected chi connectivity index (χ1v) is 9.09. The van der Waals surface area contributed by atoms with Crippen LogP contribution in [0, 0.1) is 6.92 Å². The highest BCUT2D eigenvalue weighted by Gasteiger charge is 2.69. The first kappa shape index (κ1) is 16.2. The molecule has 0 amide bonds. The topological polar surface area (TPSA) is 69.4 Å². The second kappa shape index (κ2) is 5.74. The molecule has 4 nitrogen and oxygen atoms in total. The summed E-state index contributed by atoms with van der Waals surface area (Å²) in [6, 6.07) is 16.5. The van der Waals surface area contributed by atoms with Crippen LogP contribution in [0.4, 0.5) is 0 Å². The molecule has 1 aliphatic rings. The summed E-state index contributed by atoms with van der Waals surface area (Å²) in [5.41, 5.74) is 7.50. The van der Waals surface area contributed by atoms with Gasteiger partial charge in [-0.1, -0.05) is 48.0 Å². The summed E-state index contributed by atoms with van der Waals surface area (Å²) in [5, 5.41) is -0.667. The molecule has 5 heteroatoms. The predicted octanol–water partition coefficient (Wildman–Crippen LogP) is 2.28. The second-order valence-corrected chi connectivity index (χ2v) is 8.28. The molecule has 1 saturated carbocycles. The van der Waals surface area contributed by atoms with Crippen LogP contribution in [0.15, 0.2) is 59.5 Å². The van der Waals surface area contributed by atoms with Crippen molar-refractivity contribution in [2.45, 2.75) is 28.5 Å². The number of aryl methyl sites for hydroxylation is 1. The van der Waals surface area contributed by atoms with Gasteiger partial charge in [0.2, 0.25) is 0 Å². The fraction of sp³-hybridized carbons (Fsp3) is 0.333. The maximum atomic E-state index is 13.0. The van der Waals surface area contributed by atoms with Gasteiger partial charge < -0.3 is 10.5 Å². The zero-order chi connectivity index (χ0) is 16.7. The van der Waals surface area contributed by atoms with E-state index >= 15 is 0 Å². The molecule has 0 aromatic heterocycles. The Morgan fingerprint density at radius 1 is 1.09 bits per heavy atom. The molecule has 0 spiro atoms. The van der Waals surface area contributed by atoms with Gasteiger partial charge >= 0.3 is 0 Å². The lowest BCUT2D eigenvalue weighted by Crippen LogP contribution is -2.35. The van der Waals surface area contributed by atoms with Crippen molar-refractivity contribution in [1.29, 1.82) is 0 Å². The van der Waals surface area contributed by atoms with Crippen LogP contribution in [0.5, 0.6) is 0 Å². The van der Waals surface area contributed by atoms with E-state index in [9.17, 15) is 8.42 Å². The van der Waals surface area contributed by atoms with Gasteiger partial charge in [-0.25, -0.2) is 8.42 Å². The molecule has 0 unspecified atom stereocenters. The largest absolute Gasteiger partial charge is 0.383 e. The van der Waals surface area contributed by atoms with Crippen LogP contribution in [0.3, 0.4) is 0 Å². The smallest absolute Gasteiger partial charge is 0.183 e. The number of hydrogen-bond donors (Lipinski definition) is 1. The van der Waals surface area contributed by atoms with Crippen molar-refractivity contribution in [3.05, 3.63) is 65.7 Å². The molecular formula is C18H21NO3S. The molecule has 122 valence electrons. The van der Waals surface area contributed by atoms with Gasteiger partial charge in [-0.05, 0) is 24.6 Å². The SMILES string of the molecule is COC[C@@]1(N)[C@H](c2ccccc2)[C@@H]1S(=O)(=O)c1ccc(C)cc1. The van der Waals surface area contributed by atoms with Crippen molar-refractivity contribution in [1.82, 2.24) is 0 Å². The van der Waals surface area contributed by atoms with Crippen molar-refractivity contribution < 1.29 is 13.2 Å². The van der Waals surface area contributed by atoms with Crippen LogP contribution in [0.1, 0.15) is 17.0 Å². The Labute approximate surface area is 137 Å². The summed E-state index contributed by atoms with van der Waals surface area (Å²) in [7, 11) is -1.97. The maximum Gasteiger partial charge on any atom is 0.183 e. The molecule has 0 aliphatic heterocycles. The van der Waals surface area contributed by atoms with Gasteiger partial charge in [0.15, 0.2) is 9.84 Å². The Morgan fingerprint density at radius 3 is 2.26 bits per heavy atom. The third kappa shape index (κ3) is 2.69. The van der Waals surface area contributed by atoms with Gasteiger partial charge in [0.1, 0.15) is 0 Å². The van der Waals surface area contributed by atoms with Crippen LogP contribution in [-0.2, 0) is 14.6 Å². The van der Waals surface area contributed by atoms with Gasteiger partial charge in [0, 0.05) is 13.0 Å². The van der Waals surface area contributed by atoms with E-state index in [1.807, 2.05) is 37.3 Å². The third-order valence-electron chi connectivity index (χ3n) is 4.54. The van der Waals surface area contributed by atoms with E-state index in [4.69, 9.17) is 10.5 Å². The maximum absolute atomic E-state index is 13.0. The molecule has 0 heterocycles. The van der Waals surface area contributed by atoms with Crippen LogP contribution in [0.2, 0.25) is 0 Å². The van der Waals surface area contributed by atoms with Gasteiger partial charge in [-0.2, -0.15) is 0 Å². The van der Waals surface area contributed by atoms with E-state index in [1.54, 1.807) is 31.4 Å². The Bertz CT molecular complexity index is 787. The van der Waals surface area contributed by atoms with Crippen LogP contribution in [-0.4, -0.2) is 32.9 Å². The van der Waals surface area contributed by atoms with Crippen LogP contribution < -0.4 is 5.73 Å². The van der Waals surface area contributed by atoms with E-state index in [0.717, 1.165) is 11.1 Å². The Morgan fingerprint density at radius 2 is 1.70 bits per heavy atom. The summed E-state index contributed by atoms with van der Waals surface area (Å²) >= 11 is 0. The summed E-state index contributed by atoms with van der Waals surface area (Å²) in [5.74, 6) is -0.255. The minimum absolute atomic E-state index is 0.211. The third-order valence-corrected chi connectivity index (χ3v) is 6.85. The van der Waals surface area contributed by atoms with Crippen molar-refractivity contribution in [2.75, 3.05) is 13.7 Å². The van der Waals surface area contributed by atoms with Gasteiger partial charge in [-0.15, -0.1) is 0 Å². The van der Waals surface area contributed by atoms with Crippen molar-refractivity contribution in [3.63, 3.8) is 0 Å². The van der Waals surface area contributed by atoms with E-state index in [-0.39, 0.29) is 12.5 Å². The summed E-state index contributed by atoms with van der Waals surface area (Å²) < 4.78 is 31.3. The zero-order valence-electron chi connectivity index (χ0n) is 13.3. The lowest BCUT2D eigenvalue weighted by Gasteiger charge is -2.11. The molecule has 3 atom stereocenters. The number of hydrogen-bond acceptors (Lipinski definition) is 4. The minimum atomic E-state index is -3.51.